The Morgan fingerprint density at radius 1 is 1.04 bits per heavy atom. The van der Waals surface area contributed by atoms with Gasteiger partial charge < -0.3 is 14.0 Å². The average Bonchev–Trinajstić information content (AvgIpc) is 2.94. The van der Waals surface area contributed by atoms with Gasteiger partial charge in [-0.15, -0.1) is 0 Å². The Morgan fingerprint density at radius 2 is 1.79 bits per heavy atom. The summed E-state index contributed by atoms with van der Waals surface area (Å²) in [7, 11) is 1.70. The summed E-state index contributed by atoms with van der Waals surface area (Å²) in [5.41, 5.74) is 7.55. The average molecular weight is 319 g/mol. The second-order valence-electron chi connectivity index (χ2n) is 6.06. The Hall–Kier alpha value is -2.68. The number of hydrogen-bond donors (Lipinski definition) is 0. The van der Waals surface area contributed by atoms with Crippen molar-refractivity contribution in [2.75, 3.05) is 7.11 Å². The Labute approximate surface area is 142 Å². The molecule has 2 heterocycles. The van der Waals surface area contributed by atoms with Crippen molar-refractivity contribution < 1.29 is 9.47 Å². The van der Waals surface area contributed by atoms with E-state index in [1.807, 2.05) is 24.3 Å². The first-order valence-electron chi connectivity index (χ1n) is 8.33. The number of para-hydroxylation sites is 1. The lowest BCUT2D eigenvalue weighted by Gasteiger charge is -2.20. The van der Waals surface area contributed by atoms with E-state index in [2.05, 4.69) is 42.7 Å². The smallest absolute Gasteiger partial charge is 0.129 e. The number of nitrogens with zero attached hydrogens (tertiary/aromatic N) is 1. The summed E-state index contributed by atoms with van der Waals surface area (Å²) in [6, 6.07) is 16.6. The monoisotopic (exact) mass is 319 g/mol. The molecular weight excluding hydrogens is 298 g/mol. The van der Waals surface area contributed by atoms with Crippen LogP contribution in [0.3, 0.4) is 0 Å². The second kappa shape index (κ2) is 5.75. The molecule has 0 saturated heterocycles. The van der Waals surface area contributed by atoms with Crippen molar-refractivity contribution in [1.29, 1.82) is 0 Å². The molecule has 0 N–H and O–H groups in total. The molecule has 0 radical (unpaired) electrons. The van der Waals surface area contributed by atoms with E-state index in [0.717, 1.165) is 18.0 Å². The molecule has 3 heteroatoms. The van der Waals surface area contributed by atoms with E-state index in [4.69, 9.17) is 9.47 Å². The van der Waals surface area contributed by atoms with Gasteiger partial charge >= 0.3 is 0 Å². The van der Waals surface area contributed by atoms with Crippen LogP contribution in [0, 0.1) is 6.92 Å². The third-order valence-electron chi connectivity index (χ3n) is 4.83. The third-order valence-corrected chi connectivity index (χ3v) is 4.83. The zero-order valence-electron chi connectivity index (χ0n) is 14.3. The summed E-state index contributed by atoms with van der Waals surface area (Å²) >= 11 is 0. The van der Waals surface area contributed by atoms with Gasteiger partial charge in [-0.1, -0.05) is 12.1 Å². The van der Waals surface area contributed by atoms with Gasteiger partial charge in [-0.25, -0.2) is 0 Å². The molecule has 4 rings (SSSR count). The molecular formula is C21H21NO2. The lowest BCUT2D eigenvalue weighted by Crippen LogP contribution is -2.08. The highest BCUT2D eigenvalue weighted by Gasteiger charge is 2.26. The van der Waals surface area contributed by atoms with Crippen molar-refractivity contribution in [3.8, 4) is 34.0 Å². The van der Waals surface area contributed by atoms with Gasteiger partial charge in [-0.3, -0.25) is 0 Å². The van der Waals surface area contributed by atoms with E-state index >= 15 is 0 Å². The number of fused-ring (bicyclic) bond motifs is 3. The molecule has 122 valence electrons. The Morgan fingerprint density at radius 3 is 2.50 bits per heavy atom. The summed E-state index contributed by atoms with van der Waals surface area (Å²) in [5, 5.41) is 0. The van der Waals surface area contributed by atoms with Gasteiger partial charge in [0.2, 0.25) is 0 Å². The molecule has 3 nitrogen and oxygen atoms in total. The van der Waals surface area contributed by atoms with Gasteiger partial charge in [0.05, 0.1) is 18.5 Å². The zero-order valence-corrected chi connectivity index (χ0v) is 14.3. The SMILES string of the molecule is CCn1c(-c2ccc(OC)cc2)c(C)c2c1-c1ccccc1OC2. The highest BCUT2D eigenvalue weighted by atomic mass is 16.5. The first-order valence-corrected chi connectivity index (χ1v) is 8.33. The van der Waals surface area contributed by atoms with Crippen LogP contribution in [-0.2, 0) is 13.2 Å². The molecule has 3 aromatic rings. The predicted molar refractivity (Wildman–Crippen MR) is 96.6 cm³/mol. The fourth-order valence-electron chi connectivity index (χ4n) is 3.66. The first-order chi connectivity index (χ1) is 11.7. The lowest BCUT2D eigenvalue weighted by atomic mass is 10.0. The fourth-order valence-corrected chi connectivity index (χ4v) is 3.66. The van der Waals surface area contributed by atoms with Crippen LogP contribution in [0.4, 0.5) is 0 Å². The molecule has 1 aliphatic rings. The highest BCUT2D eigenvalue weighted by Crippen LogP contribution is 2.44. The maximum atomic E-state index is 5.98. The van der Waals surface area contributed by atoms with Crippen LogP contribution in [0.25, 0.3) is 22.5 Å². The van der Waals surface area contributed by atoms with E-state index < -0.39 is 0 Å². The maximum Gasteiger partial charge on any atom is 0.129 e. The van der Waals surface area contributed by atoms with Gasteiger partial charge in [-0.2, -0.15) is 0 Å². The molecule has 0 spiro atoms. The largest absolute Gasteiger partial charge is 0.497 e. The first kappa shape index (κ1) is 14.9. The van der Waals surface area contributed by atoms with E-state index in [0.29, 0.717) is 6.61 Å². The summed E-state index contributed by atoms with van der Waals surface area (Å²) in [4.78, 5) is 0. The fraction of sp³-hybridized carbons (Fsp3) is 0.238. The Kier molecular flexibility index (Phi) is 3.57. The molecule has 1 aromatic heterocycles. The molecule has 0 saturated carbocycles. The number of rotatable bonds is 3. The van der Waals surface area contributed by atoms with Crippen molar-refractivity contribution >= 4 is 0 Å². The van der Waals surface area contributed by atoms with Gasteiger partial charge in [0.25, 0.3) is 0 Å². The Bertz CT molecular complexity index is 891. The molecule has 0 amide bonds. The van der Waals surface area contributed by atoms with Gasteiger partial charge in [0.15, 0.2) is 0 Å². The molecule has 1 aliphatic heterocycles. The molecule has 0 atom stereocenters. The zero-order chi connectivity index (χ0) is 16.7. The van der Waals surface area contributed by atoms with E-state index in [1.165, 1.54) is 33.6 Å². The second-order valence-corrected chi connectivity index (χ2v) is 6.06. The molecule has 2 aromatic carbocycles. The van der Waals surface area contributed by atoms with Gasteiger partial charge in [-0.05, 0) is 61.4 Å². The van der Waals surface area contributed by atoms with E-state index in [9.17, 15) is 0 Å². The highest BCUT2D eigenvalue weighted by molar-refractivity contribution is 5.80. The molecule has 24 heavy (non-hydrogen) atoms. The lowest BCUT2D eigenvalue weighted by molar-refractivity contribution is 0.301. The van der Waals surface area contributed by atoms with Crippen LogP contribution < -0.4 is 9.47 Å². The van der Waals surface area contributed by atoms with Crippen molar-refractivity contribution in [3.05, 3.63) is 59.7 Å². The van der Waals surface area contributed by atoms with Gasteiger partial charge in [0.1, 0.15) is 18.1 Å². The summed E-state index contributed by atoms with van der Waals surface area (Å²) in [6.07, 6.45) is 0. The quantitative estimate of drug-likeness (QED) is 0.674. The van der Waals surface area contributed by atoms with Crippen LogP contribution in [0.5, 0.6) is 11.5 Å². The van der Waals surface area contributed by atoms with Crippen molar-refractivity contribution in [2.24, 2.45) is 0 Å². The number of hydrogen-bond acceptors (Lipinski definition) is 2. The van der Waals surface area contributed by atoms with Crippen molar-refractivity contribution in [2.45, 2.75) is 27.0 Å². The van der Waals surface area contributed by atoms with Crippen LogP contribution in [0.1, 0.15) is 18.1 Å². The van der Waals surface area contributed by atoms with Crippen LogP contribution in [-0.4, -0.2) is 11.7 Å². The van der Waals surface area contributed by atoms with E-state index in [-0.39, 0.29) is 0 Å². The minimum atomic E-state index is 0.633. The number of benzene rings is 2. The topological polar surface area (TPSA) is 23.4 Å². The molecule has 0 unspecified atom stereocenters. The van der Waals surface area contributed by atoms with Crippen LogP contribution in [0.2, 0.25) is 0 Å². The Balaban J connectivity index is 1.96. The van der Waals surface area contributed by atoms with Gasteiger partial charge in [0, 0.05) is 17.7 Å². The number of aromatic nitrogens is 1. The minimum absolute atomic E-state index is 0.633. The molecule has 0 bridgehead atoms. The molecule has 0 aliphatic carbocycles. The number of methoxy groups -OCH3 is 1. The summed E-state index contributed by atoms with van der Waals surface area (Å²) in [5.74, 6) is 1.85. The minimum Gasteiger partial charge on any atom is -0.497 e. The van der Waals surface area contributed by atoms with E-state index in [1.54, 1.807) is 7.11 Å². The van der Waals surface area contributed by atoms with Crippen molar-refractivity contribution in [1.82, 2.24) is 4.57 Å². The number of ether oxygens (including phenoxy) is 2. The summed E-state index contributed by atoms with van der Waals surface area (Å²) < 4.78 is 13.7. The maximum absolute atomic E-state index is 5.98. The van der Waals surface area contributed by atoms with Crippen molar-refractivity contribution in [3.63, 3.8) is 0 Å². The van der Waals surface area contributed by atoms with Crippen LogP contribution in [0.15, 0.2) is 48.5 Å². The predicted octanol–water partition coefficient (Wildman–Crippen LogP) is 5.05. The third kappa shape index (κ3) is 2.12. The normalized spacial score (nSPS) is 12.3. The summed E-state index contributed by atoms with van der Waals surface area (Å²) in [6.45, 7) is 5.95. The molecule has 0 fully saturated rings. The van der Waals surface area contributed by atoms with Crippen LogP contribution >= 0.6 is 0 Å². The standard InChI is InChI=1S/C21H21NO2/c1-4-22-20(15-9-11-16(23-3)12-10-15)14(2)18-13-24-19-8-6-5-7-17(19)21(18)22/h5-12H,4,13H2,1-3H3.